The van der Waals surface area contributed by atoms with Gasteiger partial charge < -0.3 is 32.9 Å². The van der Waals surface area contributed by atoms with Crippen LogP contribution in [0.2, 0.25) is 5.15 Å². The summed E-state index contributed by atoms with van der Waals surface area (Å²) in [5.74, 6) is -8.85. The standard InChI is InChI=1S/C20H20F3N5O3S.C17H15ClF3N5O2S.C3H6O.CH2O3.2Cs.H/c1-4-5-31-17-10-25-16(9-26-17)14(21)7-12-6-13(18(23)15(22)8-12)20(2)11-32(29,30)28(3)19(24)27-20;1-17(8-29(27,28)26(2)16(22)25-17)10-3-9(5-12(20)15(10)21)4-11(19)13-6-24-14(18)7-23-13;1-2-3-4;2-1-4-3;;;/h4,6-10H,1,5,11H2,2-3H3,(H2,24,27);3-7H,8H2,1-2H3,(H2,22,25);2,4H,1,3H2;1,3H;;;/q;;;;2*+1;-1/p-1/b14-7-;11-4-;;;;;/t20-;17-;;;;;/m00...../s1. The molecule has 0 aliphatic carbocycles. The van der Waals surface area contributed by atoms with Gasteiger partial charge in [-0.05, 0) is 61.4 Å². The van der Waals surface area contributed by atoms with Crippen molar-refractivity contribution in [2.75, 3.05) is 38.8 Å². The molecular formula is C41H43ClCs2F6N10O9S2. The molecule has 5 N–H and O–H groups in total. The van der Waals surface area contributed by atoms with Crippen LogP contribution in [0.15, 0.2) is 84.3 Å². The third-order valence-electron chi connectivity index (χ3n) is 9.23. The van der Waals surface area contributed by atoms with Crippen molar-refractivity contribution in [1.29, 1.82) is 0 Å². The number of benzene rings is 2. The van der Waals surface area contributed by atoms with E-state index in [-0.39, 0.29) is 215 Å². The van der Waals surface area contributed by atoms with Gasteiger partial charge in [0.1, 0.15) is 34.2 Å². The topological polar surface area (TPSA) is 282 Å². The van der Waals surface area contributed by atoms with Gasteiger partial charge in [-0.3, -0.25) is 4.79 Å². The summed E-state index contributed by atoms with van der Waals surface area (Å²) in [5.41, 5.74) is 6.65. The van der Waals surface area contributed by atoms with Gasteiger partial charge in [-0.1, -0.05) is 30.3 Å². The quantitative estimate of drug-likeness (QED) is 0.0481. The normalized spacial score (nSPS) is 18.8. The predicted molar refractivity (Wildman–Crippen MR) is 242 cm³/mol. The van der Waals surface area contributed by atoms with Crippen LogP contribution in [-0.2, 0) is 40.8 Å². The number of carbonyl (C=O) groups excluding carboxylic acids is 1. The molecule has 2 aromatic carbocycles. The van der Waals surface area contributed by atoms with Crippen LogP contribution in [0.4, 0.5) is 26.3 Å². The van der Waals surface area contributed by atoms with Crippen molar-refractivity contribution in [3.63, 3.8) is 0 Å². The first kappa shape index (κ1) is 66.2. The van der Waals surface area contributed by atoms with E-state index in [4.69, 9.17) is 43.0 Å². The molecule has 2 aliphatic rings. The summed E-state index contributed by atoms with van der Waals surface area (Å²) >= 11 is 5.60. The molecule has 2 aliphatic heterocycles. The van der Waals surface area contributed by atoms with Gasteiger partial charge in [0.15, 0.2) is 34.9 Å². The second-order valence-corrected chi connectivity index (χ2v) is 18.8. The zero-order valence-electron chi connectivity index (χ0n) is 39.7. The first-order chi connectivity index (χ1) is 32.2. The Morgan fingerprint density at radius 2 is 1.18 bits per heavy atom. The first-order valence-electron chi connectivity index (χ1n) is 19.1. The van der Waals surface area contributed by atoms with Gasteiger partial charge in [0, 0.05) is 25.2 Å². The van der Waals surface area contributed by atoms with E-state index in [1.807, 2.05) is 0 Å². The molecule has 0 bridgehead atoms. The number of aromatic nitrogens is 4. The van der Waals surface area contributed by atoms with Crippen molar-refractivity contribution in [2.24, 2.45) is 21.5 Å². The van der Waals surface area contributed by atoms with E-state index in [0.717, 1.165) is 63.6 Å². The summed E-state index contributed by atoms with van der Waals surface area (Å²) in [6.45, 7) is 9.43. The predicted octanol–water partition coefficient (Wildman–Crippen LogP) is -2.01. The van der Waals surface area contributed by atoms with Crippen LogP contribution in [-0.4, -0.2) is 108 Å². The molecule has 0 spiro atoms. The van der Waals surface area contributed by atoms with Crippen LogP contribution < -0.4 is 159 Å². The summed E-state index contributed by atoms with van der Waals surface area (Å²) in [4.78, 5) is 34.5. The first-order valence-corrected chi connectivity index (χ1v) is 22.7. The molecule has 4 aromatic rings. The molecule has 2 atom stereocenters. The number of carbonyl (C=O) groups is 1. The number of nitrogens with two attached hydrogens (primary N) is 2. The van der Waals surface area contributed by atoms with Crippen LogP contribution in [0, 0.1) is 23.3 Å². The monoisotopic (exact) mass is 1300 g/mol. The Balaban J connectivity index is 0.00000118. The molecule has 374 valence electrons. The third kappa shape index (κ3) is 18.2. The molecule has 6 rings (SSSR count). The maximum atomic E-state index is 14.7. The van der Waals surface area contributed by atoms with Crippen LogP contribution in [0.1, 0.15) is 48.9 Å². The molecule has 0 radical (unpaired) electrons. The number of aliphatic imine (C=N–C) groups is 2. The minimum atomic E-state index is -3.92. The SMILES string of the molecule is C=CCO.C=CCOc1cnc(/C(F)=C/c2cc(F)c(F)c([C@]3(C)CS(=O)(=O)N(C)C(N)=N3)c2)cn1.CN1C(N)=N[C@](C)(c2cc(/C=C(\F)c3cnc(Cl)cn3)cc(F)c2F)CS1(=O)=O.O=CO[O-].[Cs+].[Cs+].[H-]. The van der Waals surface area contributed by atoms with Crippen molar-refractivity contribution in [2.45, 2.75) is 24.9 Å². The zero-order chi connectivity index (χ0) is 52.1. The van der Waals surface area contributed by atoms with E-state index in [9.17, 15) is 43.2 Å². The number of sulfonamides is 2. The fourth-order valence-electron chi connectivity index (χ4n) is 5.88. The Hall–Kier alpha value is -2.84. The molecule has 4 heterocycles. The molecule has 0 saturated carbocycles. The minimum Gasteiger partial charge on any atom is -1.00 e. The number of aliphatic hydroxyl groups is 1. The van der Waals surface area contributed by atoms with Crippen LogP contribution in [0.5, 0.6) is 5.88 Å². The summed E-state index contributed by atoms with van der Waals surface area (Å²) in [7, 11) is -5.43. The summed E-state index contributed by atoms with van der Waals surface area (Å²) in [5, 5.41) is 16.2. The molecular weight excluding hydrogens is 1260 g/mol. The van der Waals surface area contributed by atoms with E-state index < -0.39 is 77.6 Å². The number of guanidine groups is 2. The van der Waals surface area contributed by atoms with Gasteiger partial charge in [-0.25, -0.2) is 81.7 Å². The summed E-state index contributed by atoms with van der Waals surface area (Å²) in [6, 6.07) is 3.76. The van der Waals surface area contributed by atoms with Crippen LogP contribution in [0.25, 0.3) is 23.8 Å². The van der Waals surface area contributed by atoms with Gasteiger partial charge in [0.25, 0.3) is 6.47 Å². The Kier molecular flexibility index (Phi) is 27.3. The summed E-state index contributed by atoms with van der Waals surface area (Å²) in [6.07, 6.45) is 9.27. The molecule has 2 aromatic heterocycles. The smallest absolute Gasteiger partial charge is 1.00 e. The Morgan fingerprint density at radius 3 is 1.49 bits per heavy atom. The number of hydrogen-bond donors (Lipinski definition) is 3. The van der Waals surface area contributed by atoms with Crippen molar-refractivity contribution >= 4 is 73.8 Å². The van der Waals surface area contributed by atoms with Crippen molar-refractivity contribution in [3.8, 4) is 5.88 Å². The number of nitrogens with zero attached hydrogens (tertiary/aromatic N) is 8. The second-order valence-electron chi connectivity index (χ2n) is 14.4. The van der Waals surface area contributed by atoms with Crippen molar-refractivity contribution < 1.29 is 207 Å². The fraction of sp³-hybridized carbons (Fsp3) is 0.244. The van der Waals surface area contributed by atoms with Crippen molar-refractivity contribution in [3.05, 3.63) is 136 Å². The number of ether oxygens (including phenoxy) is 1. The molecule has 0 amide bonds. The van der Waals surface area contributed by atoms with E-state index in [0.29, 0.717) is 0 Å². The van der Waals surface area contributed by atoms with Gasteiger partial charge in [0.2, 0.25) is 37.8 Å². The number of hydrogen-bond acceptors (Lipinski definition) is 17. The summed E-state index contributed by atoms with van der Waals surface area (Å²) < 4.78 is 143. The zero-order valence-corrected chi connectivity index (χ0v) is 53.6. The Bertz CT molecular complexity index is 2900. The van der Waals surface area contributed by atoms with Crippen LogP contribution in [0.3, 0.4) is 0 Å². The van der Waals surface area contributed by atoms with Gasteiger partial charge in [-0.15, -0.1) is 6.58 Å². The largest absolute Gasteiger partial charge is 1.00 e. The number of halogens is 7. The van der Waals surface area contributed by atoms with Gasteiger partial charge in [0.05, 0.1) is 42.9 Å². The molecule has 30 heteroatoms. The number of aliphatic hydroxyl groups excluding tert-OH is 1. The maximum absolute atomic E-state index is 14.7. The average Bonchev–Trinajstić information content (AvgIpc) is 3.29. The maximum Gasteiger partial charge on any atom is 1.00 e. The van der Waals surface area contributed by atoms with Crippen molar-refractivity contribution in [1.82, 2.24) is 28.5 Å². The molecule has 0 unspecified atom stereocenters. The van der Waals surface area contributed by atoms with Gasteiger partial charge >= 0.3 is 138 Å². The van der Waals surface area contributed by atoms with Gasteiger partial charge in [-0.2, -0.15) is 0 Å². The molecule has 71 heavy (non-hydrogen) atoms. The number of rotatable bonds is 11. The fourth-order valence-corrected chi connectivity index (χ4v) is 8.88. The Labute approximate surface area is 528 Å². The molecule has 0 fully saturated rings. The minimum absolute atomic E-state index is 0. The van der Waals surface area contributed by atoms with Crippen LogP contribution >= 0.6 is 11.6 Å². The molecule has 0 saturated heterocycles. The average molecular weight is 1300 g/mol. The second kappa shape index (κ2) is 29.3. The van der Waals surface area contributed by atoms with E-state index in [1.165, 1.54) is 46.3 Å². The van der Waals surface area contributed by atoms with E-state index in [2.05, 4.69) is 48.0 Å². The van der Waals surface area contributed by atoms with E-state index in [1.54, 1.807) is 0 Å². The van der Waals surface area contributed by atoms with E-state index >= 15 is 0 Å². The molecule has 19 nitrogen and oxygen atoms in total. The Morgan fingerprint density at radius 1 is 0.789 bits per heavy atom. The third-order valence-corrected chi connectivity index (χ3v) is 13.3.